The summed E-state index contributed by atoms with van der Waals surface area (Å²) in [5, 5.41) is 0.914. The van der Waals surface area contributed by atoms with Crippen molar-refractivity contribution in [1.29, 1.82) is 0 Å². The minimum absolute atomic E-state index is 0.0505. The fourth-order valence-corrected chi connectivity index (χ4v) is 2.67. The maximum absolute atomic E-state index is 12.1. The fourth-order valence-electron chi connectivity index (χ4n) is 2.20. The third kappa shape index (κ3) is 4.47. The van der Waals surface area contributed by atoms with E-state index in [1.807, 2.05) is 6.07 Å². The van der Waals surface area contributed by atoms with Gasteiger partial charge in [-0.2, -0.15) is 0 Å². The van der Waals surface area contributed by atoms with Crippen LogP contribution in [0.3, 0.4) is 0 Å². The highest BCUT2D eigenvalue weighted by molar-refractivity contribution is 6.35. The maximum Gasteiger partial charge on any atom is 0.283 e. The molecule has 0 bridgehead atoms. The topological polar surface area (TPSA) is 76.7 Å². The molecule has 134 valence electrons. The van der Waals surface area contributed by atoms with Gasteiger partial charge < -0.3 is 9.47 Å². The molecule has 26 heavy (non-hydrogen) atoms. The minimum Gasteiger partial charge on any atom is -0.485 e. The van der Waals surface area contributed by atoms with Crippen LogP contribution in [0, 0.1) is 0 Å². The van der Waals surface area contributed by atoms with E-state index in [9.17, 15) is 9.59 Å². The van der Waals surface area contributed by atoms with Gasteiger partial charge >= 0.3 is 0 Å². The average molecular weight is 393 g/mol. The molecule has 2 amide bonds. The number of amides is 2. The van der Waals surface area contributed by atoms with Crippen molar-refractivity contribution in [2.75, 3.05) is 6.61 Å². The normalized spacial score (nSPS) is 15.5. The Balaban J connectivity index is 1.51. The van der Waals surface area contributed by atoms with E-state index in [1.165, 1.54) is 12.2 Å². The summed E-state index contributed by atoms with van der Waals surface area (Å²) in [6.07, 6.45) is 1.89. The van der Waals surface area contributed by atoms with Crippen LogP contribution in [0.2, 0.25) is 10.0 Å². The number of ether oxygens (including phenoxy) is 2. The minimum atomic E-state index is -0.861. The van der Waals surface area contributed by atoms with Crippen LogP contribution >= 0.6 is 23.2 Å². The first-order valence-electron chi connectivity index (χ1n) is 7.64. The van der Waals surface area contributed by atoms with Gasteiger partial charge in [-0.05, 0) is 35.9 Å². The summed E-state index contributed by atoms with van der Waals surface area (Å²) in [7, 11) is 0. The zero-order valence-corrected chi connectivity index (χ0v) is 14.9. The molecule has 1 aliphatic rings. The predicted octanol–water partition coefficient (Wildman–Crippen LogP) is 2.99. The lowest BCUT2D eigenvalue weighted by Gasteiger charge is -2.25. The molecular weight excluding hydrogens is 379 g/mol. The number of hydrazine groups is 1. The Bertz CT molecular complexity index is 870. The Hall–Kier alpha value is -2.70. The number of carbonyl (C=O) groups excluding carboxylic acids is 2. The molecule has 6 nitrogen and oxygen atoms in total. The summed E-state index contributed by atoms with van der Waals surface area (Å²) in [6, 6.07) is 11.9. The van der Waals surface area contributed by atoms with Crippen LogP contribution in [0.25, 0.3) is 6.08 Å². The lowest BCUT2D eigenvalue weighted by atomic mass is 10.2. The molecule has 0 aliphatic carbocycles. The molecule has 0 spiro atoms. The third-order valence-electron chi connectivity index (χ3n) is 3.49. The van der Waals surface area contributed by atoms with Gasteiger partial charge in [0.15, 0.2) is 11.5 Å². The summed E-state index contributed by atoms with van der Waals surface area (Å²) in [5.41, 5.74) is 5.19. The van der Waals surface area contributed by atoms with Crippen LogP contribution < -0.4 is 20.3 Å². The van der Waals surface area contributed by atoms with E-state index < -0.39 is 17.9 Å². The monoisotopic (exact) mass is 392 g/mol. The number of benzene rings is 2. The second-order valence-electron chi connectivity index (χ2n) is 5.34. The Labute approximate surface area is 159 Å². The van der Waals surface area contributed by atoms with Crippen LogP contribution in [-0.4, -0.2) is 24.5 Å². The maximum atomic E-state index is 12.1. The first-order valence-corrected chi connectivity index (χ1v) is 8.40. The van der Waals surface area contributed by atoms with Crippen LogP contribution in [0.15, 0.2) is 48.5 Å². The molecule has 2 N–H and O–H groups in total. The number of carbonyl (C=O) groups is 2. The number of hydrogen-bond donors (Lipinski definition) is 2. The molecule has 3 rings (SSSR count). The molecule has 1 atom stereocenters. The molecule has 1 aliphatic heterocycles. The molecule has 0 saturated heterocycles. The summed E-state index contributed by atoms with van der Waals surface area (Å²) in [6.45, 7) is 0.0505. The first kappa shape index (κ1) is 18.1. The largest absolute Gasteiger partial charge is 0.485 e. The molecule has 1 heterocycles. The smallest absolute Gasteiger partial charge is 0.283 e. The van der Waals surface area contributed by atoms with E-state index in [2.05, 4.69) is 10.9 Å². The number of rotatable bonds is 3. The molecule has 2 aromatic rings. The highest BCUT2D eigenvalue weighted by Gasteiger charge is 2.27. The van der Waals surface area contributed by atoms with Crippen molar-refractivity contribution >= 4 is 41.1 Å². The van der Waals surface area contributed by atoms with Gasteiger partial charge in [0.25, 0.3) is 11.8 Å². The van der Waals surface area contributed by atoms with E-state index in [1.54, 1.807) is 36.4 Å². The lowest BCUT2D eigenvalue weighted by molar-refractivity contribution is -0.134. The van der Waals surface area contributed by atoms with Crippen molar-refractivity contribution in [3.8, 4) is 11.5 Å². The van der Waals surface area contributed by atoms with E-state index in [4.69, 9.17) is 32.7 Å². The predicted molar refractivity (Wildman–Crippen MR) is 98.1 cm³/mol. The molecule has 2 aromatic carbocycles. The third-order valence-corrected chi connectivity index (χ3v) is 4.05. The summed E-state index contributed by atoms with van der Waals surface area (Å²) < 4.78 is 11.0. The van der Waals surface area contributed by atoms with Gasteiger partial charge in [0.05, 0.1) is 0 Å². The lowest BCUT2D eigenvalue weighted by Crippen LogP contribution is -2.50. The number of nitrogens with one attached hydrogen (secondary N) is 2. The molecular formula is C18H14Cl2N2O4. The van der Waals surface area contributed by atoms with Crippen molar-refractivity contribution in [3.05, 3.63) is 64.1 Å². The summed E-state index contributed by atoms with van der Waals surface area (Å²) in [5.74, 6) is -0.00172. The zero-order chi connectivity index (χ0) is 18.5. The van der Waals surface area contributed by atoms with Crippen molar-refractivity contribution < 1.29 is 19.1 Å². The van der Waals surface area contributed by atoms with Gasteiger partial charge in [-0.1, -0.05) is 41.4 Å². The Morgan fingerprint density at radius 3 is 2.62 bits per heavy atom. The fraction of sp³-hybridized carbons (Fsp3) is 0.111. The van der Waals surface area contributed by atoms with E-state index in [0.717, 1.165) is 0 Å². The van der Waals surface area contributed by atoms with Crippen molar-refractivity contribution in [2.24, 2.45) is 0 Å². The average Bonchev–Trinajstić information content (AvgIpc) is 2.65. The van der Waals surface area contributed by atoms with Crippen molar-refractivity contribution in [3.63, 3.8) is 0 Å². The van der Waals surface area contributed by atoms with Crippen LogP contribution in [0.4, 0.5) is 0 Å². The number of hydrogen-bond acceptors (Lipinski definition) is 4. The van der Waals surface area contributed by atoms with Crippen LogP contribution in [0.1, 0.15) is 5.56 Å². The first-order chi connectivity index (χ1) is 12.5. The van der Waals surface area contributed by atoms with Gasteiger partial charge in [-0.15, -0.1) is 0 Å². The highest BCUT2D eigenvalue weighted by atomic mass is 35.5. The quantitative estimate of drug-likeness (QED) is 0.621. The number of halogens is 2. The standard InChI is InChI=1S/C18H14Cl2N2O4/c19-12-7-5-11(13(20)9-12)6-8-17(23)21-22-18(24)16-10-25-14-3-1-2-4-15(14)26-16/h1-9,16H,10H2,(H,21,23)(H,22,24)/b8-6+. The van der Waals surface area contributed by atoms with Gasteiger partial charge in [0.2, 0.25) is 6.10 Å². The molecule has 0 fully saturated rings. The highest BCUT2D eigenvalue weighted by Crippen LogP contribution is 2.30. The molecule has 1 unspecified atom stereocenters. The van der Waals surface area contributed by atoms with Crippen molar-refractivity contribution in [1.82, 2.24) is 10.9 Å². The van der Waals surface area contributed by atoms with Gasteiger partial charge in [0.1, 0.15) is 6.61 Å². The van der Waals surface area contributed by atoms with Crippen LogP contribution in [-0.2, 0) is 9.59 Å². The summed E-state index contributed by atoms with van der Waals surface area (Å²) >= 11 is 11.8. The van der Waals surface area contributed by atoms with Gasteiger partial charge in [0, 0.05) is 16.1 Å². The van der Waals surface area contributed by atoms with Crippen LogP contribution in [0.5, 0.6) is 11.5 Å². The molecule has 0 aromatic heterocycles. The second kappa shape index (κ2) is 8.12. The van der Waals surface area contributed by atoms with E-state index in [0.29, 0.717) is 27.1 Å². The van der Waals surface area contributed by atoms with E-state index >= 15 is 0 Å². The SMILES string of the molecule is O=C(/C=C/c1ccc(Cl)cc1Cl)NNC(=O)C1COc2ccccc2O1. The number of para-hydroxylation sites is 2. The summed E-state index contributed by atoms with van der Waals surface area (Å²) in [4.78, 5) is 23.9. The second-order valence-corrected chi connectivity index (χ2v) is 6.19. The Kier molecular flexibility index (Phi) is 5.65. The Morgan fingerprint density at radius 1 is 1.08 bits per heavy atom. The van der Waals surface area contributed by atoms with Gasteiger partial charge in [-0.3, -0.25) is 20.4 Å². The zero-order valence-electron chi connectivity index (χ0n) is 13.4. The van der Waals surface area contributed by atoms with E-state index in [-0.39, 0.29) is 6.61 Å². The number of fused-ring (bicyclic) bond motifs is 1. The van der Waals surface area contributed by atoms with Gasteiger partial charge in [-0.25, -0.2) is 0 Å². The molecule has 0 saturated carbocycles. The molecule has 8 heteroatoms. The molecule has 0 radical (unpaired) electrons. The Morgan fingerprint density at radius 2 is 1.85 bits per heavy atom. The van der Waals surface area contributed by atoms with Crippen molar-refractivity contribution in [2.45, 2.75) is 6.10 Å².